The summed E-state index contributed by atoms with van der Waals surface area (Å²) in [5, 5.41) is 11.8. The summed E-state index contributed by atoms with van der Waals surface area (Å²) in [6.45, 7) is 0. The fourth-order valence-electron chi connectivity index (χ4n) is 8.36. The predicted molar refractivity (Wildman–Crippen MR) is 210 cm³/mol. The molecule has 2 aromatic heterocycles. The van der Waals surface area contributed by atoms with Gasteiger partial charge in [-0.2, -0.15) is 0 Å². The first-order valence-electron chi connectivity index (χ1n) is 17.1. The zero-order valence-corrected chi connectivity index (χ0v) is 27.0. The molecule has 9 aromatic carbocycles. The number of fused-ring (bicyclic) bond motifs is 10. The van der Waals surface area contributed by atoms with Crippen molar-refractivity contribution < 1.29 is 8.83 Å². The minimum absolute atomic E-state index is 0.867. The summed E-state index contributed by atoms with van der Waals surface area (Å²) in [5.41, 5.74) is 10.8. The fourth-order valence-corrected chi connectivity index (χ4v) is 8.36. The number of hydrogen-bond acceptors (Lipinski definition) is 2. The summed E-state index contributed by atoms with van der Waals surface area (Å²) in [6.07, 6.45) is 0. The topological polar surface area (TPSA) is 26.3 Å². The van der Waals surface area contributed by atoms with Crippen LogP contribution in [0.15, 0.2) is 179 Å². The van der Waals surface area contributed by atoms with Gasteiger partial charge < -0.3 is 8.83 Å². The monoisotopic (exact) mass is 636 g/mol. The number of benzene rings is 9. The standard InChI is InChI=1S/C48H28O2/c1-2-14-31-29(12-1)13-11-22-32(31)33-15-3-4-16-34(33)46-37-19-7-5-17-35(37)45(36-18-6-8-20-38(36)46)30-24-25-40-44(28-30)50-43-27-26-42-47(48(40)43)39-21-9-10-23-41(39)49-42/h1-28H. The van der Waals surface area contributed by atoms with Crippen LogP contribution in [0, 0.1) is 0 Å². The van der Waals surface area contributed by atoms with Crippen LogP contribution in [-0.2, 0) is 0 Å². The summed E-state index contributed by atoms with van der Waals surface area (Å²) >= 11 is 0. The second kappa shape index (κ2) is 10.4. The molecule has 2 heterocycles. The molecule has 0 fully saturated rings. The molecule has 0 saturated heterocycles. The Morgan fingerprint density at radius 1 is 0.280 bits per heavy atom. The second-order valence-electron chi connectivity index (χ2n) is 13.1. The first-order valence-corrected chi connectivity index (χ1v) is 17.1. The molecule has 0 aliphatic rings. The highest BCUT2D eigenvalue weighted by Gasteiger charge is 2.21. The van der Waals surface area contributed by atoms with Crippen LogP contribution < -0.4 is 0 Å². The largest absolute Gasteiger partial charge is 0.456 e. The molecule has 0 aliphatic heterocycles. The molecule has 11 rings (SSSR count). The molecule has 0 radical (unpaired) electrons. The molecule has 50 heavy (non-hydrogen) atoms. The second-order valence-corrected chi connectivity index (χ2v) is 13.1. The third-order valence-corrected chi connectivity index (χ3v) is 10.5. The molecule has 0 saturated carbocycles. The number of para-hydroxylation sites is 1. The van der Waals surface area contributed by atoms with Crippen LogP contribution in [0.4, 0.5) is 0 Å². The SMILES string of the molecule is c1ccc(-c2c3ccccc3c(-c3ccc4c(c3)oc3ccc5oc6ccccc6c5c34)c3ccccc23)c(-c2cccc3ccccc23)c1. The van der Waals surface area contributed by atoms with E-state index in [1.807, 2.05) is 24.3 Å². The van der Waals surface area contributed by atoms with Crippen molar-refractivity contribution in [3.8, 4) is 33.4 Å². The zero-order valence-electron chi connectivity index (χ0n) is 27.0. The van der Waals surface area contributed by atoms with Crippen molar-refractivity contribution in [2.24, 2.45) is 0 Å². The molecule has 232 valence electrons. The maximum Gasteiger partial charge on any atom is 0.136 e. The Bertz CT molecular complexity index is 3090. The van der Waals surface area contributed by atoms with Crippen LogP contribution in [0.3, 0.4) is 0 Å². The maximum atomic E-state index is 6.62. The summed E-state index contributed by atoms with van der Waals surface area (Å²) in [4.78, 5) is 0. The molecule has 0 atom stereocenters. The molecule has 0 spiro atoms. The summed E-state index contributed by atoms with van der Waals surface area (Å²) < 4.78 is 12.8. The van der Waals surface area contributed by atoms with Crippen LogP contribution >= 0.6 is 0 Å². The number of furan rings is 2. The fraction of sp³-hybridized carbons (Fsp3) is 0. The van der Waals surface area contributed by atoms with Gasteiger partial charge in [-0.15, -0.1) is 0 Å². The third kappa shape index (κ3) is 3.85. The Hall–Kier alpha value is -6.64. The average Bonchev–Trinajstić information content (AvgIpc) is 3.74. The van der Waals surface area contributed by atoms with Crippen LogP contribution in [0.1, 0.15) is 0 Å². The summed E-state index contributed by atoms with van der Waals surface area (Å²) in [6, 6.07) is 60.9. The number of rotatable bonds is 3. The van der Waals surface area contributed by atoms with Gasteiger partial charge in [-0.25, -0.2) is 0 Å². The van der Waals surface area contributed by atoms with Gasteiger partial charge in [-0.05, 0) is 96.0 Å². The van der Waals surface area contributed by atoms with Gasteiger partial charge >= 0.3 is 0 Å². The molecule has 2 nitrogen and oxygen atoms in total. The molecule has 0 N–H and O–H groups in total. The summed E-state index contributed by atoms with van der Waals surface area (Å²) in [5.74, 6) is 0. The van der Waals surface area contributed by atoms with Gasteiger partial charge in [0.25, 0.3) is 0 Å². The van der Waals surface area contributed by atoms with Crippen molar-refractivity contribution >= 4 is 76.2 Å². The van der Waals surface area contributed by atoms with E-state index < -0.39 is 0 Å². The molecule has 2 heteroatoms. The van der Waals surface area contributed by atoms with E-state index in [1.54, 1.807) is 0 Å². The van der Waals surface area contributed by atoms with Crippen LogP contribution in [-0.4, -0.2) is 0 Å². The third-order valence-electron chi connectivity index (χ3n) is 10.5. The molecule has 0 aliphatic carbocycles. The first-order chi connectivity index (χ1) is 24.8. The van der Waals surface area contributed by atoms with Crippen molar-refractivity contribution in [1.29, 1.82) is 0 Å². The van der Waals surface area contributed by atoms with E-state index in [-0.39, 0.29) is 0 Å². The van der Waals surface area contributed by atoms with Gasteiger partial charge in [0.05, 0.1) is 0 Å². The van der Waals surface area contributed by atoms with Gasteiger partial charge in [-0.3, -0.25) is 0 Å². The van der Waals surface area contributed by atoms with Gasteiger partial charge in [0.2, 0.25) is 0 Å². The smallest absolute Gasteiger partial charge is 0.136 e. The Morgan fingerprint density at radius 2 is 0.780 bits per heavy atom. The van der Waals surface area contributed by atoms with Crippen LogP contribution in [0.2, 0.25) is 0 Å². The number of hydrogen-bond donors (Lipinski definition) is 0. The Kier molecular flexibility index (Phi) is 5.70. The Labute approximate surface area is 287 Å². The highest BCUT2D eigenvalue weighted by molar-refractivity contribution is 6.27. The van der Waals surface area contributed by atoms with Crippen molar-refractivity contribution in [2.45, 2.75) is 0 Å². The van der Waals surface area contributed by atoms with Gasteiger partial charge in [0, 0.05) is 21.5 Å². The average molecular weight is 637 g/mol. The molecular formula is C48H28O2. The first kappa shape index (κ1) is 27.3. The zero-order chi connectivity index (χ0) is 32.8. The highest BCUT2D eigenvalue weighted by Crippen LogP contribution is 2.48. The van der Waals surface area contributed by atoms with E-state index in [0.29, 0.717) is 0 Å². The van der Waals surface area contributed by atoms with Crippen molar-refractivity contribution in [1.82, 2.24) is 0 Å². The van der Waals surface area contributed by atoms with E-state index in [0.717, 1.165) is 49.4 Å². The Morgan fingerprint density at radius 3 is 1.50 bits per heavy atom. The maximum absolute atomic E-state index is 6.62. The lowest BCUT2D eigenvalue weighted by molar-refractivity contribution is 0.663. The predicted octanol–water partition coefficient (Wildman–Crippen LogP) is 13.9. The van der Waals surface area contributed by atoms with Gasteiger partial charge in [-0.1, -0.05) is 140 Å². The minimum Gasteiger partial charge on any atom is -0.456 e. The normalized spacial score (nSPS) is 12.0. The van der Waals surface area contributed by atoms with E-state index in [1.165, 1.54) is 60.1 Å². The van der Waals surface area contributed by atoms with Crippen molar-refractivity contribution in [3.63, 3.8) is 0 Å². The van der Waals surface area contributed by atoms with Gasteiger partial charge in [0.1, 0.15) is 22.3 Å². The lowest BCUT2D eigenvalue weighted by atomic mass is 9.83. The summed E-state index contributed by atoms with van der Waals surface area (Å²) in [7, 11) is 0. The van der Waals surface area contributed by atoms with Crippen LogP contribution in [0.25, 0.3) is 110 Å². The molecule has 0 bridgehead atoms. The minimum atomic E-state index is 0.867. The lowest BCUT2D eigenvalue weighted by Gasteiger charge is -2.20. The molecule has 0 unspecified atom stereocenters. The van der Waals surface area contributed by atoms with E-state index in [4.69, 9.17) is 8.83 Å². The molecule has 0 amide bonds. The van der Waals surface area contributed by atoms with E-state index in [2.05, 4.69) is 146 Å². The van der Waals surface area contributed by atoms with E-state index >= 15 is 0 Å². The van der Waals surface area contributed by atoms with E-state index in [9.17, 15) is 0 Å². The van der Waals surface area contributed by atoms with Crippen LogP contribution in [0.5, 0.6) is 0 Å². The lowest BCUT2D eigenvalue weighted by Crippen LogP contribution is -1.93. The highest BCUT2D eigenvalue weighted by atomic mass is 16.3. The van der Waals surface area contributed by atoms with Crippen molar-refractivity contribution in [2.75, 3.05) is 0 Å². The molecular weight excluding hydrogens is 609 g/mol. The van der Waals surface area contributed by atoms with Crippen molar-refractivity contribution in [3.05, 3.63) is 170 Å². The quantitative estimate of drug-likeness (QED) is 0.180. The Balaban J connectivity index is 1.19. The molecule has 11 aromatic rings. The van der Waals surface area contributed by atoms with Gasteiger partial charge in [0.15, 0.2) is 0 Å².